The van der Waals surface area contributed by atoms with E-state index < -0.39 is 24.5 Å². The van der Waals surface area contributed by atoms with E-state index in [1.54, 1.807) is 0 Å². The molecule has 1 aromatic carbocycles. The summed E-state index contributed by atoms with van der Waals surface area (Å²) < 4.78 is 48.9. The lowest BCUT2D eigenvalue weighted by molar-refractivity contribution is -0.138. The van der Waals surface area contributed by atoms with Crippen LogP contribution in [0.15, 0.2) is 18.2 Å². The van der Waals surface area contributed by atoms with E-state index in [0.29, 0.717) is 11.1 Å². The molecule has 0 aromatic heterocycles. The van der Waals surface area contributed by atoms with Crippen molar-refractivity contribution in [1.82, 2.24) is 0 Å². The number of hydrogen-bond donors (Lipinski definition) is 1. The summed E-state index contributed by atoms with van der Waals surface area (Å²) in [5, 5.41) is 0. The summed E-state index contributed by atoms with van der Waals surface area (Å²) in [5.41, 5.74) is 5.95. The van der Waals surface area contributed by atoms with Gasteiger partial charge in [0.25, 0.3) is 0 Å². The molecule has 0 radical (unpaired) electrons. The molecule has 0 fully saturated rings. The Balaban J connectivity index is 2.83. The largest absolute Gasteiger partial charge is 0.390 e. The van der Waals surface area contributed by atoms with Crippen LogP contribution in [0.2, 0.25) is 0 Å². The third-order valence-electron chi connectivity index (χ3n) is 2.06. The average molecular weight is 221 g/mol. The van der Waals surface area contributed by atoms with Gasteiger partial charge in [-0.1, -0.05) is 12.1 Å². The van der Waals surface area contributed by atoms with Crippen molar-refractivity contribution in [2.75, 3.05) is 0 Å². The highest BCUT2D eigenvalue weighted by molar-refractivity contribution is 5.26. The molecule has 0 saturated carbocycles. The molecule has 0 aliphatic rings. The molecule has 0 amide bonds. The molecule has 5 heteroatoms. The topological polar surface area (TPSA) is 26.0 Å². The standard InChI is InChI=1S/C10H11F4N/c1-6-4-7(2-3-8(6)11)9(15)5-10(12,13)14/h2-4,9H,5,15H2,1H3. The van der Waals surface area contributed by atoms with Crippen molar-refractivity contribution in [2.45, 2.75) is 25.6 Å². The molecule has 1 unspecified atom stereocenters. The number of hydrogen-bond acceptors (Lipinski definition) is 1. The fourth-order valence-corrected chi connectivity index (χ4v) is 1.27. The molecule has 2 N–H and O–H groups in total. The SMILES string of the molecule is Cc1cc(C(N)CC(F)(F)F)ccc1F. The molecular formula is C10H11F4N. The van der Waals surface area contributed by atoms with Gasteiger partial charge < -0.3 is 5.73 Å². The van der Waals surface area contributed by atoms with Crippen molar-refractivity contribution in [1.29, 1.82) is 0 Å². The molecule has 0 saturated heterocycles. The van der Waals surface area contributed by atoms with Crippen molar-refractivity contribution >= 4 is 0 Å². The van der Waals surface area contributed by atoms with Crippen LogP contribution in [0.1, 0.15) is 23.6 Å². The van der Waals surface area contributed by atoms with Gasteiger partial charge in [0.1, 0.15) is 5.82 Å². The molecule has 0 aliphatic carbocycles. The highest BCUT2D eigenvalue weighted by Crippen LogP contribution is 2.28. The minimum atomic E-state index is -4.30. The maximum Gasteiger partial charge on any atom is 0.390 e. The van der Waals surface area contributed by atoms with E-state index in [1.807, 2.05) is 0 Å². The van der Waals surface area contributed by atoms with Gasteiger partial charge in [-0.3, -0.25) is 0 Å². The van der Waals surface area contributed by atoms with Crippen LogP contribution in [0.5, 0.6) is 0 Å². The Bertz CT molecular complexity index is 346. The molecule has 1 rings (SSSR count). The van der Waals surface area contributed by atoms with E-state index in [1.165, 1.54) is 19.1 Å². The van der Waals surface area contributed by atoms with Gasteiger partial charge in [-0.05, 0) is 24.1 Å². The summed E-state index contributed by atoms with van der Waals surface area (Å²) >= 11 is 0. The Morgan fingerprint density at radius 1 is 1.33 bits per heavy atom. The first-order valence-corrected chi connectivity index (χ1v) is 4.38. The highest BCUT2D eigenvalue weighted by atomic mass is 19.4. The smallest absolute Gasteiger partial charge is 0.324 e. The normalized spacial score (nSPS) is 14.0. The fraction of sp³-hybridized carbons (Fsp3) is 0.400. The van der Waals surface area contributed by atoms with Crippen LogP contribution in [0.25, 0.3) is 0 Å². The van der Waals surface area contributed by atoms with E-state index in [9.17, 15) is 17.6 Å². The number of benzene rings is 1. The predicted molar refractivity (Wildman–Crippen MR) is 48.7 cm³/mol. The van der Waals surface area contributed by atoms with Crippen molar-refractivity contribution in [3.05, 3.63) is 35.1 Å². The lowest BCUT2D eigenvalue weighted by atomic mass is 10.0. The van der Waals surface area contributed by atoms with E-state index in [4.69, 9.17) is 5.73 Å². The van der Waals surface area contributed by atoms with Crippen LogP contribution in [0, 0.1) is 12.7 Å². The van der Waals surface area contributed by atoms with E-state index in [-0.39, 0.29) is 0 Å². The molecule has 1 aromatic rings. The zero-order valence-corrected chi connectivity index (χ0v) is 8.11. The summed E-state index contributed by atoms with van der Waals surface area (Å²) in [6.45, 7) is 1.49. The maximum absolute atomic E-state index is 12.8. The second-order valence-corrected chi connectivity index (χ2v) is 3.43. The second kappa shape index (κ2) is 4.18. The first kappa shape index (κ1) is 12.0. The minimum absolute atomic E-state index is 0.296. The fourth-order valence-electron chi connectivity index (χ4n) is 1.27. The van der Waals surface area contributed by atoms with Gasteiger partial charge in [-0.15, -0.1) is 0 Å². The van der Waals surface area contributed by atoms with E-state index in [0.717, 1.165) is 6.07 Å². The second-order valence-electron chi connectivity index (χ2n) is 3.43. The van der Waals surface area contributed by atoms with Crippen molar-refractivity contribution < 1.29 is 17.6 Å². The van der Waals surface area contributed by atoms with Gasteiger partial charge in [-0.25, -0.2) is 4.39 Å². The third kappa shape index (κ3) is 3.51. The molecule has 1 atom stereocenters. The van der Waals surface area contributed by atoms with Crippen LogP contribution in [0.3, 0.4) is 0 Å². The zero-order valence-electron chi connectivity index (χ0n) is 8.11. The summed E-state index contributed by atoms with van der Waals surface area (Å²) in [6.07, 6.45) is -5.40. The maximum atomic E-state index is 12.8. The number of nitrogens with two attached hydrogens (primary N) is 1. The number of aryl methyl sites for hydroxylation is 1. The van der Waals surface area contributed by atoms with Crippen LogP contribution in [0.4, 0.5) is 17.6 Å². The van der Waals surface area contributed by atoms with Gasteiger partial charge in [0, 0.05) is 6.04 Å². The Labute approximate surface area is 84.9 Å². The van der Waals surface area contributed by atoms with E-state index in [2.05, 4.69) is 0 Å². The Kier molecular flexibility index (Phi) is 3.34. The van der Waals surface area contributed by atoms with Gasteiger partial charge in [0.15, 0.2) is 0 Å². The first-order valence-electron chi connectivity index (χ1n) is 4.38. The van der Waals surface area contributed by atoms with Gasteiger partial charge in [0.05, 0.1) is 6.42 Å². The summed E-state index contributed by atoms with van der Waals surface area (Å²) in [4.78, 5) is 0. The molecular weight excluding hydrogens is 210 g/mol. The zero-order chi connectivity index (χ0) is 11.6. The number of rotatable bonds is 2. The first-order chi connectivity index (χ1) is 6.79. The van der Waals surface area contributed by atoms with Gasteiger partial charge in [-0.2, -0.15) is 13.2 Å². The quantitative estimate of drug-likeness (QED) is 0.763. The highest BCUT2D eigenvalue weighted by Gasteiger charge is 2.30. The molecule has 0 spiro atoms. The lowest BCUT2D eigenvalue weighted by Crippen LogP contribution is -2.20. The van der Waals surface area contributed by atoms with Crippen LogP contribution in [-0.4, -0.2) is 6.18 Å². The van der Waals surface area contributed by atoms with Crippen molar-refractivity contribution in [2.24, 2.45) is 5.73 Å². The van der Waals surface area contributed by atoms with Gasteiger partial charge in [0.2, 0.25) is 0 Å². The Morgan fingerprint density at radius 3 is 2.40 bits per heavy atom. The summed E-state index contributed by atoms with van der Waals surface area (Å²) in [6, 6.07) is 2.61. The number of halogens is 4. The van der Waals surface area contributed by atoms with Gasteiger partial charge >= 0.3 is 6.18 Å². The average Bonchev–Trinajstić information content (AvgIpc) is 2.06. The Hall–Kier alpha value is -1.10. The summed E-state index contributed by atoms with van der Waals surface area (Å²) in [7, 11) is 0. The molecule has 15 heavy (non-hydrogen) atoms. The summed E-state index contributed by atoms with van der Waals surface area (Å²) in [5.74, 6) is -0.446. The van der Waals surface area contributed by atoms with Crippen molar-refractivity contribution in [3.63, 3.8) is 0 Å². The van der Waals surface area contributed by atoms with E-state index >= 15 is 0 Å². The Morgan fingerprint density at radius 2 is 1.93 bits per heavy atom. The molecule has 1 nitrogen and oxygen atoms in total. The lowest BCUT2D eigenvalue weighted by Gasteiger charge is -2.14. The van der Waals surface area contributed by atoms with Crippen LogP contribution >= 0.6 is 0 Å². The minimum Gasteiger partial charge on any atom is -0.324 e. The van der Waals surface area contributed by atoms with Crippen LogP contribution < -0.4 is 5.73 Å². The molecule has 0 aliphatic heterocycles. The molecule has 84 valence electrons. The van der Waals surface area contributed by atoms with Crippen molar-refractivity contribution in [3.8, 4) is 0 Å². The third-order valence-corrected chi connectivity index (χ3v) is 2.06. The predicted octanol–water partition coefficient (Wildman–Crippen LogP) is 3.09. The molecule has 0 heterocycles. The number of alkyl halides is 3. The monoisotopic (exact) mass is 221 g/mol. The molecule has 0 bridgehead atoms. The van der Waals surface area contributed by atoms with Crippen LogP contribution in [-0.2, 0) is 0 Å².